The molecule has 4 nitrogen and oxygen atoms in total. The fraction of sp³-hybridized carbons (Fsp3) is 0.533. The van der Waals surface area contributed by atoms with Crippen LogP contribution in [0.3, 0.4) is 0 Å². The number of carbonyl (C=O) groups is 1. The van der Waals surface area contributed by atoms with Gasteiger partial charge >= 0.3 is 6.09 Å². The van der Waals surface area contributed by atoms with Gasteiger partial charge in [-0.2, -0.15) is 0 Å². The first-order valence-electron chi connectivity index (χ1n) is 6.88. The largest absolute Gasteiger partial charge is 0.439 e. The molecule has 1 amide bonds. The Morgan fingerprint density at radius 3 is 2.24 bits per heavy atom. The van der Waals surface area contributed by atoms with Gasteiger partial charge in [0, 0.05) is 5.02 Å². The summed E-state index contributed by atoms with van der Waals surface area (Å²) in [5, 5.41) is 0.714. The standard InChI is InChI=1S/C15H24ClNO3Si/c1-15(2,3)21(4,5)19-10-13(20-14(17)18)11-6-8-12(16)9-7-11/h6-9,13H,10H2,1-5H3,(H2,17,18)/t13-/m0/s1. The number of halogens is 1. The van der Waals surface area contributed by atoms with E-state index in [1.165, 1.54) is 0 Å². The molecule has 1 rings (SSSR count). The van der Waals surface area contributed by atoms with Gasteiger partial charge in [-0.05, 0) is 35.8 Å². The van der Waals surface area contributed by atoms with Gasteiger partial charge in [0.1, 0.15) is 0 Å². The lowest BCUT2D eigenvalue weighted by Crippen LogP contribution is -2.42. The highest BCUT2D eigenvalue weighted by Gasteiger charge is 2.38. The van der Waals surface area contributed by atoms with Crippen molar-refractivity contribution in [2.75, 3.05) is 6.61 Å². The highest BCUT2D eigenvalue weighted by atomic mass is 35.5. The molecule has 6 heteroatoms. The predicted molar refractivity (Wildman–Crippen MR) is 88.0 cm³/mol. The molecular weight excluding hydrogens is 306 g/mol. The van der Waals surface area contributed by atoms with Gasteiger partial charge in [0.25, 0.3) is 0 Å². The molecule has 0 bridgehead atoms. The van der Waals surface area contributed by atoms with E-state index in [1.54, 1.807) is 12.1 Å². The van der Waals surface area contributed by atoms with Gasteiger partial charge in [0.2, 0.25) is 0 Å². The number of primary amides is 1. The van der Waals surface area contributed by atoms with E-state index in [0.717, 1.165) is 5.56 Å². The maximum absolute atomic E-state index is 11.1. The lowest BCUT2D eigenvalue weighted by Gasteiger charge is -2.37. The summed E-state index contributed by atoms with van der Waals surface area (Å²) in [6, 6.07) is 7.12. The molecule has 0 saturated heterocycles. The van der Waals surface area contributed by atoms with E-state index in [2.05, 4.69) is 33.9 Å². The number of hydrogen-bond acceptors (Lipinski definition) is 3. The molecule has 0 aromatic heterocycles. The number of nitrogens with two attached hydrogens (primary N) is 1. The molecule has 0 aliphatic heterocycles. The average molecular weight is 330 g/mol. The topological polar surface area (TPSA) is 61.6 Å². The number of hydrogen-bond donors (Lipinski definition) is 1. The molecular formula is C15H24ClNO3Si. The Morgan fingerprint density at radius 2 is 1.81 bits per heavy atom. The first-order valence-corrected chi connectivity index (χ1v) is 10.2. The van der Waals surface area contributed by atoms with E-state index < -0.39 is 20.5 Å². The molecule has 0 aliphatic carbocycles. The van der Waals surface area contributed by atoms with Crippen molar-refractivity contribution in [2.24, 2.45) is 5.73 Å². The average Bonchev–Trinajstić information content (AvgIpc) is 2.34. The number of benzene rings is 1. The van der Waals surface area contributed by atoms with E-state index in [4.69, 9.17) is 26.5 Å². The SMILES string of the molecule is CC(C)(C)[Si](C)(C)OC[C@H](OC(N)=O)c1ccc(Cl)cc1. The van der Waals surface area contributed by atoms with E-state index in [0.29, 0.717) is 11.6 Å². The molecule has 0 fully saturated rings. The zero-order chi connectivity index (χ0) is 16.3. The molecule has 1 aromatic carbocycles. The molecule has 0 heterocycles. The third-order valence-corrected chi connectivity index (χ3v) is 8.65. The number of ether oxygens (including phenoxy) is 1. The number of amides is 1. The van der Waals surface area contributed by atoms with Crippen molar-refractivity contribution in [1.29, 1.82) is 0 Å². The van der Waals surface area contributed by atoms with Crippen molar-refractivity contribution in [3.05, 3.63) is 34.9 Å². The second kappa shape index (κ2) is 6.81. The Labute approximate surface area is 132 Å². The highest BCUT2D eigenvalue weighted by molar-refractivity contribution is 6.74. The summed E-state index contributed by atoms with van der Waals surface area (Å²) >= 11 is 5.87. The van der Waals surface area contributed by atoms with Gasteiger partial charge in [0.15, 0.2) is 14.4 Å². The summed E-state index contributed by atoms with van der Waals surface area (Å²) in [7, 11) is -1.92. The molecule has 1 atom stereocenters. The van der Waals surface area contributed by atoms with Crippen molar-refractivity contribution in [2.45, 2.75) is 45.0 Å². The second-order valence-electron chi connectivity index (χ2n) is 6.55. The summed E-state index contributed by atoms with van der Waals surface area (Å²) in [5.41, 5.74) is 5.97. The van der Waals surface area contributed by atoms with Crippen LogP contribution in [0.5, 0.6) is 0 Å². The van der Waals surface area contributed by atoms with Crippen LogP contribution in [0, 0.1) is 0 Å². The summed E-state index contributed by atoms with van der Waals surface area (Å²) < 4.78 is 11.3. The summed E-state index contributed by atoms with van der Waals surface area (Å²) in [4.78, 5) is 11.1. The Hall–Kier alpha value is -1.04. The van der Waals surface area contributed by atoms with E-state index >= 15 is 0 Å². The first-order chi connectivity index (χ1) is 9.53. The predicted octanol–water partition coefficient (Wildman–Crippen LogP) is 4.50. The number of carbonyl (C=O) groups excluding carboxylic acids is 1. The summed E-state index contributed by atoms with van der Waals surface area (Å²) in [6.07, 6.45) is -1.33. The molecule has 0 radical (unpaired) electrons. The summed E-state index contributed by atoms with van der Waals surface area (Å²) in [6.45, 7) is 11.1. The van der Waals surface area contributed by atoms with E-state index in [9.17, 15) is 4.79 Å². The minimum atomic E-state index is -1.92. The molecule has 0 unspecified atom stereocenters. The van der Waals surface area contributed by atoms with Crippen LogP contribution in [0.4, 0.5) is 4.79 Å². The van der Waals surface area contributed by atoms with Crippen LogP contribution in [0.15, 0.2) is 24.3 Å². The Bertz CT molecular complexity index is 483. The minimum Gasteiger partial charge on any atom is -0.439 e. The third kappa shape index (κ3) is 5.34. The second-order valence-corrected chi connectivity index (χ2v) is 11.8. The highest BCUT2D eigenvalue weighted by Crippen LogP contribution is 2.37. The lowest BCUT2D eigenvalue weighted by molar-refractivity contribution is 0.0668. The van der Waals surface area contributed by atoms with Crippen LogP contribution in [-0.2, 0) is 9.16 Å². The maximum Gasteiger partial charge on any atom is 0.405 e. The number of rotatable bonds is 5. The van der Waals surface area contributed by atoms with Crippen LogP contribution in [0.2, 0.25) is 23.2 Å². The van der Waals surface area contributed by atoms with Gasteiger partial charge < -0.3 is 14.9 Å². The fourth-order valence-electron chi connectivity index (χ4n) is 1.52. The molecule has 0 saturated carbocycles. The first kappa shape index (κ1) is 18.0. The molecule has 1 aromatic rings. The van der Waals surface area contributed by atoms with Crippen LogP contribution in [0.25, 0.3) is 0 Å². The van der Waals surface area contributed by atoms with Gasteiger partial charge in [-0.15, -0.1) is 0 Å². The molecule has 21 heavy (non-hydrogen) atoms. The third-order valence-electron chi connectivity index (χ3n) is 3.90. The van der Waals surface area contributed by atoms with E-state index in [1.807, 2.05) is 12.1 Å². The Balaban J connectivity index is 2.85. The van der Waals surface area contributed by atoms with Crippen LogP contribution in [0.1, 0.15) is 32.4 Å². The Morgan fingerprint density at radius 1 is 1.29 bits per heavy atom. The maximum atomic E-state index is 11.1. The van der Waals surface area contributed by atoms with Crippen molar-refractivity contribution in [1.82, 2.24) is 0 Å². The van der Waals surface area contributed by atoms with Gasteiger partial charge in [-0.3, -0.25) is 0 Å². The zero-order valence-corrected chi connectivity index (χ0v) is 15.0. The quantitative estimate of drug-likeness (QED) is 0.809. The van der Waals surface area contributed by atoms with Gasteiger partial charge in [-0.25, -0.2) is 4.79 Å². The normalized spacial score (nSPS) is 13.8. The van der Waals surface area contributed by atoms with Crippen LogP contribution >= 0.6 is 11.6 Å². The van der Waals surface area contributed by atoms with Gasteiger partial charge in [0.05, 0.1) is 6.61 Å². The monoisotopic (exact) mass is 329 g/mol. The van der Waals surface area contributed by atoms with Crippen molar-refractivity contribution in [3.63, 3.8) is 0 Å². The van der Waals surface area contributed by atoms with Crippen molar-refractivity contribution >= 4 is 26.0 Å². The lowest BCUT2D eigenvalue weighted by atomic mass is 10.1. The smallest absolute Gasteiger partial charge is 0.405 e. The zero-order valence-electron chi connectivity index (χ0n) is 13.3. The molecule has 2 N–H and O–H groups in total. The van der Waals surface area contributed by atoms with E-state index in [-0.39, 0.29) is 5.04 Å². The fourth-order valence-corrected chi connectivity index (χ4v) is 2.64. The molecule has 118 valence electrons. The van der Waals surface area contributed by atoms with Gasteiger partial charge in [-0.1, -0.05) is 44.5 Å². The summed E-state index contributed by atoms with van der Waals surface area (Å²) in [5.74, 6) is 0. The van der Waals surface area contributed by atoms with Crippen molar-refractivity contribution in [3.8, 4) is 0 Å². The van der Waals surface area contributed by atoms with Crippen LogP contribution in [-0.4, -0.2) is 21.0 Å². The van der Waals surface area contributed by atoms with Crippen LogP contribution < -0.4 is 5.73 Å². The minimum absolute atomic E-state index is 0.0876. The molecule has 0 spiro atoms. The molecule has 0 aliphatic rings. The van der Waals surface area contributed by atoms with Crippen molar-refractivity contribution < 1.29 is 14.0 Å². The Kier molecular flexibility index (Phi) is 5.84.